The van der Waals surface area contributed by atoms with Crippen LogP contribution in [0.5, 0.6) is 0 Å². The summed E-state index contributed by atoms with van der Waals surface area (Å²) in [6, 6.07) is 16.7. The van der Waals surface area contributed by atoms with Crippen LogP contribution in [-0.4, -0.2) is 38.1 Å². The number of hydrogen-bond donors (Lipinski definition) is 0. The molecule has 164 valence electrons. The van der Waals surface area contributed by atoms with Gasteiger partial charge in [0, 0.05) is 24.3 Å². The number of aromatic nitrogens is 5. The van der Waals surface area contributed by atoms with Gasteiger partial charge in [-0.3, -0.25) is 0 Å². The highest BCUT2D eigenvalue weighted by Gasteiger charge is 2.18. The third kappa shape index (κ3) is 4.28. The van der Waals surface area contributed by atoms with E-state index in [2.05, 4.69) is 56.4 Å². The first-order valence-electron chi connectivity index (χ1n) is 11.2. The lowest BCUT2D eigenvalue weighted by molar-refractivity contribution is 0.438. The van der Waals surface area contributed by atoms with Crippen LogP contribution in [0.25, 0.3) is 23.2 Å². The first-order valence-corrected chi connectivity index (χ1v) is 11.2. The molecule has 0 unspecified atom stereocenters. The number of hydrogen-bond acceptors (Lipinski definition) is 6. The van der Waals surface area contributed by atoms with Crippen LogP contribution < -0.4 is 4.90 Å². The third-order valence-electron chi connectivity index (χ3n) is 6.16. The van der Waals surface area contributed by atoms with E-state index in [1.54, 1.807) is 0 Å². The minimum absolute atomic E-state index is 0.332. The Labute approximate surface area is 188 Å². The quantitative estimate of drug-likeness (QED) is 0.450. The normalized spacial score (nSPS) is 14.8. The topological polar surface area (TPSA) is 72.9 Å². The molecular formula is C25H28N6O. The predicted octanol–water partition coefficient (Wildman–Crippen LogP) is 4.90. The molecule has 0 bridgehead atoms. The van der Waals surface area contributed by atoms with Crippen LogP contribution in [0.15, 0.2) is 52.9 Å². The van der Waals surface area contributed by atoms with Crippen LogP contribution in [-0.2, 0) is 6.54 Å². The van der Waals surface area contributed by atoms with Crippen LogP contribution in [0.2, 0.25) is 0 Å². The molecule has 4 aromatic rings. The first-order chi connectivity index (χ1) is 15.5. The molecule has 1 aliphatic rings. The Morgan fingerprint density at radius 1 is 0.969 bits per heavy atom. The maximum Gasteiger partial charge on any atom is 0.287 e. The maximum atomic E-state index is 5.85. The summed E-state index contributed by atoms with van der Waals surface area (Å²) in [5.41, 5.74) is 4.55. The summed E-state index contributed by atoms with van der Waals surface area (Å²) in [7, 11) is 0. The summed E-state index contributed by atoms with van der Waals surface area (Å²) in [6.45, 7) is 9.23. The monoisotopic (exact) mass is 428 g/mol. The van der Waals surface area contributed by atoms with Crippen LogP contribution in [0, 0.1) is 19.8 Å². The van der Waals surface area contributed by atoms with Crippen molar-refractivity contribution in [1.29, 1.82) is 0 Å². The average Bonchev–Trinajstić information content (AvgIpc) is 3.42. The Hall–Kier alpha value is -3.48. The molecule has 0 saturated carbocycles. The molecule has 1 aliphatic heterocycles. The van der Waals surface area contributed by atoms with Gasteiger partial charge in [0.1, 0.15) is 5.82 Å². The molecule has 0 amide bonds. The number of benzene rings is 2. The van der Waals surface area contributed by atoms with Crippen molar-refractivity contribution in [3.63, 3.8) is 0 Å². The van der Waals surface area contributed by atoms with E-state index in [9.17, 15) is 0 Å². The molecule has 5 rings (SSSR count). The lowest BCUT2D eigenvalue weighted by Crippen LogP contribution is -2.32. The number of rotatable bonds is 5. The highest BCUT2D eigenvalue weighted by atomic mass is 16.4. The lowest BCUT2D eigenvalue weighted by Gasteiger charge is -2.32. The molecule has 0 radical (unpaired) electrons. The summed E-state index contributed by atoms with van der Waals surface area (Å²) in [6.07, 6.45) is 2.51. The molecule has 0 aliphatic carbocycles. The largest absolute Gasteiger partial charge is 0.413 e. The summed E-state index contributed by atoms with van der Waals surface area (Å²) in [5, 5.41) is 13.0. The lowest BCUT2D eigenvalue weighted by atomic mass is 9.98. The van der Waals surface area contributed by atoms with E-state index in [1.165, 1.54) is 29.7 Å². The summed E-state index contributed by atoms with van der Waals surface area (Å²) in [5.74, 6) is 2.89. The van der Waals surface area contributed by atoms with Crippen molar-refractivity contribution in [3.8, 4) is 23.2 Å². The van der Waals surface area contributed by atoms with Gasteiger partial charge in [-0.15, -0.1) is 15.3 Å². The van der Waals surface area contributed by atoms with Crippen molar-refractivity contribution in [2.24, 2.45) is 5.92 Å². The second kappa shape index (κ2) is 8.57. The fourth-order valence-corrected chi connectivity index (χ4v) is 4.08. The van der Waals surface area contributed by atoms with Crippen molar-refractivity contribution in [2.45, 2.75) is 40.2 Å². The summed E-state index contributed by atoms with van der Waals surface area (Å²) in [4.78, 5) is 7.04. The molecule has 0 N–H and O–H groups in total. The molecule has 0 spiro atoms. The smallest absolute Gasteiger partial charge is 0.287 e. The molecule has 0 atom stereocenters. The van der Waals surface area contributed by atoms with Gasteiger partial charge in [0.15, 0.2) is 0 Å². The van der Waals surface area contributed by atoms with E-state index in [0.29, 0.717) is 24.2 Å². The Kier molecular flexibility index (Phi) is 5.47. The minimum Gasteiger partial charge on any atom is -0.413 e. The SMILES string of the molecule is Cc1ccc(-c2nnc(-c3nc(C)n(Cc4cccc(N5CCC(C)CC5)c4)n3)o2)cc1. The van der Waals surface area contributed by atoms with Crippen molar-refractivity contribution in [3.05, 3.63) is 65.5 Å². The average molecular weight is 429 g/mol. The fraction of sp³-hybridized carbons (Fsp3) is 0.360. The number of anilines is 1. The van der Waals surface area contributed by atoms with E-state index in [4.69, 9.17) is 4.42 Å². The minimum atomic E-state index is 0.332. The predicted molar refractivity (Wildman–Crippen MR) is 124 cm³/mol. The van der Waals surface area contributed by atoms with Crippen molar-refractivity contribution in [2.75, 3.05) is 18.0 Å². The van der Waals surface area contributed by atoms with Crippen molar-refractivity contribution < 1.29 is 4.42 Å². The van der Waals surface area contributed by atoms with Crippen LogP contribution in [0.3, 0.4) is 0 Å². The van der Waals surface area contributed by atoms with E-state index >= 15 is 0 Å². The fourth-order valence-electron chi connectivity index (χ4n) is 4.08. The zero-order valence-corrected chi connectivity index (χ0v) is 18.8. The first kappa shape index (κ1) is 20.4. The molecule has 32 heavy (non-hydrogen) atoms. The summed E-state index contributed by atoms with van der Waals surface area (Å²) < 4.78 is 7.75. The summed E-state index contributed by atoms with van der Waals surface area (Å²) >= 11 is 0. The van der Waals surface area contributed by atoms with Gasteiger partial charge >= 0.3 is 0 Å². The zero-order chi connectivity index (χ0) is 22.1. The molecule has 3 heterocycles. The van der Waals surface area contributed by atoms with Crippen LogP contribution >= 0.6 is 0 Å². The second-order valence-electron chi connectivity index (χ2n) is 8.76. The Balaban J connectivity index is 1.33. The van der Waals surface area contributed by atoms with Crippen LogP contribution in [0.1, 0.15) is 36.7 Å². The van der Waals surface area contributed by atoms with Gasteiger partial charge < -0.3 is 9.32 Å². The molecular weight excluding hydrogens is 400 g/mol. The highest BCUT2D eigenvalue weighted by Crippen LogP contribution is 2.25. The number of piperidine rings is 1. The van der Waals surface area contributed by atoms with Crippen molar-refractivity contribution >= 4 is 5.69 Å². The zero-order valence-electron chi connectivity index (χ0n) is 18.8. The van der Waals surface area contributed by atoms with E-state index < -0.39 is 0 Å². The molecule has 7 nitrogen and oxygen atoms in total. The number of nitrogens with zero attached hydrogens (tertiary/aromatic N) is 6. The van der Waals surface area contributed by atoms with Gasteiger partial charge in [0.2, 0.25) is 11.7 Å². The molecule has 1 fully saturated rings. The van der Waals surface area contributed by atoms with E-state index in [1.807, 2.05) is 42.8 Å². The Morgan fingerprint density at radius 3 is 2.50 bits per heavy atom. The van der Waals surface area contributed by atoms with E-state index in [-0.39, 0.29) is 0 Å². The molecule has 2 aromatic heterocycles. The maximum absolute atomic E-state index is 5.85. The van der Waals surface area contributed by atoms with Gasteiger partial charge in [-0.1, -0.05) is 36.8 Å². The van der Waals surface area contributed by atoms with E-state index in [0.717, 1.165) is 30.4 Å². The standard InChI is InChI=1S/C25H28N6O/c1-17-7-9-21(10-8-17)24-27-28-25(32-24)23-26-19(3)31(29-23)16-20-5-4-6-22(15-20)30-13-11-18(2)12-14-30/h4-10,15,18H,11-14,16H2,1-3H3. The molecule has 7 heteroatoms. The Morgan fingerprint density at radius 2 is 1.72 bits per heavy atom. The van der Waals surface area contributed by atoms with Gasteiger partial charge in [0.25, 0.3) is 5.89 Å². The molecule has 1 saturated heterocycles. The third-order valence-corrected chi connectivity index (χ3v) is 6.16. The second-order valence-corrected chi connectivity index (χ2v) is 8.76. The number of aryl methyl sites for hydroxylation is 2. The molecule has 2 aromatic carbocycles. The van der Waals surface area contributed by atoms with Gasteiger partial charge in [-0.05, 0) is 62.4 Å². The highest BCUT2D eigenvalue weighted by molar-refractivity contribution is 5.55. The van der Waals surface area contributed by atoms with Crippen molar-refractivity contribution in [1.82, 2.24) is 25.0 Å². The van der Waals surface area contributed by atoms with Crippen LogP contribution in [0.4, 0.5) is 5.69 Å². The Bertz CT molecular complexity index is 1200. The van der Waals surface area contributed by atoms with Gasteiger partial charge in [-0.2, -0.15) is 0 Å². The van der Waals surface area contributed by atoms with Gasteiger partial charge in [0.05, 0.1) is 6.54 Å². The van der Waals surface area contributed by atoms with Gasteiger partial charge in [-0.25, -0.2) is 9.67 Å².